The second-order valence-electron chi connectivity index (χ2n) is 6.35. The summed E-state index contributed by atoms with van der Waals surface area (Å²) in [6.07, 6.45) is 1.38. The van der Waals surface area contributed by atoms with Crippen molar-refractivity contribution in [1.82, 2.24) is 0 Å². The molecule has 1 aliphatic rings. The van der Waals surface area contributed by atoms with Gasteiger partial charge in [-0.2, -0.15) is 0 Å². The number of nitrogens with one attached hydrogen (secondary N) is 1. The smallest absolute Gasteiger partial charge is 0.262 e. The Labute approximate surface area is 157 Å². The predicted octanol–water partition coefficient (Wildman–Crippen LogP) is 4.10. The van der Waals surface area contributed by atoms with Crippen LogP contribution in [0.15, 0.2) is 36.4 Å². The third-order valence-electron chi connectivity index (χ3n) is 4.51. The summed E-state index contributed by atoms with van der Waals surface area (Å²) in [7, 11) is 0. The topological polar surface area (TPSA) is 58.6 Å². The fourth-order valence-electron chi connectivity index (χ4n) is 2.93. The van der Waals surface area contributed by atoms with Crippen molar-refractivity contribution < 1.29 is 14.3 Å². The standard InChI is InChI=1S/C20H21ClN2O3/c1-13-5-3-6-18(14(13)2)26-12-19(24)22-15-8-9-17(16(21)11-15)23-10-4-7-20(23)25/h3,5-6,8-9,11H,4,7,10,12H2,1-2H3,(H,22,24). The van der Waals surface area contributed by atoms with Crippen molar-refractivity contribution in [3.8, 4) is 5.75 Å². The van der Waals surface area contributed by atoms with E-state index in [0.29, 0.717) is 35.1 Å². The molecule has 1 aliphatic heterocycles. The van der Waals surface area contributed by atoms with Gasteiger partial charge in [0.2, 0.25) is 5.91 Å². The minimum atomic E-state index is -0.271. The summed E-state index contributed by atoms with van der Waals surface area (Å²) in [5.41, 5.74) is 3.38. The summed E-state index contributed by atoms with van der Waals surface area (Å²) in [6, 6.07) is 10.9. The average Bonchev–Trinajstić information content (AvgIpc) is 3.02. The van der Waals surface area contributed by atoms with Crippen molar-refractivity contribution in [3.05, 3.63) is 52.5 Å². The summed E-state index contributed by atoms with van der Waals surface area (Å²) in [6.45, 7) is 4.54. The Hall–Kier alpha value is -2.53. The molecule has 0 atom stereocenters. The number of carbonyl (C=O) groups excluding carboxylic acids is 2. The van der Waals surface area contributed by atoms with E-state index in [1.165, 1.54) is 0 Å². The Morgan fingerprint density at radius 1 is 1.27 bits per heavy atom. The van der Waals surface area contributed by atoms with E-state index in [9.17, 15) is 9.59 Å². The van der Waals surface area contributed by atoms with Gasteiger partial charge in [-0.1, -0.05) is 23.7 Å². The van der Waals surface area contributed by atoms with Gasteiger partial charge >= 0.3 is 0 Å². The first-order valence-corrected chi connectivity index (χ1v) is 8.92. The first kappa shape index (κ1) is 18.3. The van der Waals surface area contributed by atoms with Gasteiger partial charge in [-0.15, -0.1) is 0 Å². The molecule has 0 aliphatic carbocycles. The van der Waals surface area contributed by atoms with Crippen LogP contribution in [0.5, 0.6) is 5.75 Å². The van der Waals surface area contributed by atoms with Crippen LogP contribution in [0.2, 0.25) is 5.02 Å². The maximum atomic E-state index is 12.1. The highest BCUT2D eigenvalue weighted by Crippen LogP contribution is 2.31. The lowest BCUT2D eigenvalue weighted by Gasteiger charge is -2.18. The van der Waals surface area contributed by atoms with Crippen molar-refractivity contribution in [2.45, 2.75) is 26.7 Å². The van der Waals surface area contributed by atoms with E-state index in [1.54, 1.807) is 23.1 Å². The number of benzene rings is 2. The molecule has 1 saturated heterocycles. The zero-order chi connectivity index (χ0) is 18.7. The van der Waals surface area contributed by atoms with E-state index in [-0.39, 0.29) is 18.4 Å². The molecule has 0 saturated carbocycles. The number of aryl methyl sites for hydroxylation is 1. The lowest BCUT2D eigenvalue weighted by atomic mass is 10.1. The number of rotatable bonds is 5. The summed E-state index contributed by atoms with van der Waals surface area (Å²) in [4.78, 5) is 25.7. The van der Waals surface area contributed by atoms with Gasteiger partial charge in [0.25, 0.3) is 5.91 Å². The quantitative estimate of drug-likeness (QED) is 0.859. The van der Waals surface area contributed by atoms with Gasteiger partial charge in [-0.25, -0.2) is 0 Å². The molecule has 1 N–H and O–H groups in total. The van der Waals surface area contributed by atoms with Crippen molar-refractivity contribution in [1.29, 1.82) is 0 Å². The number of hydrogen-bond acceptors (Lipinski definition) is 3. The number of halogens is 1. The Kier molecular flexibility index (Phi) is 5.47. The number of amides is 2. The second kappa shape index (κ2) is 7.79. The highest BCUT2D eigenvalue weighted by Gasteiger charge is 2.23. The fraction of sp³-hybridized carbons (Fsp3) is 0.300. The van der Waals surface area contributed by atoms with Gasteiger partial charge < -0.3 is 15.0 Å². The molecule has 0 spiro atoms. The van der Waals surface area contributed by atoms with E-state index in [2.05, 4.69) is 5.32 Å². The number of nitrogens with zero attached hydrogens (tertiary/aromatic N) is 1. The summed E-state index contributed by atoms with van der Waals surface area (Å²) < 4.78 is 5.60. The van der Waals surface area contributed by atoms with Crippen molar-refractivity contribution in [2.75, 3.05) is 23.4 Å². The van der Waals surface area contributed by atoms with E-state index < -0.39 is 0 Å². The highest BCUT2D eigenvalue weighted by molar-refractivity contribution is 6.34. The number of hydrogen-bond donors (Lipinski definition) is 1. The average molecular weight is 373 g/mol. The van der Waals surface area contributed by atoms with Crippen LogP contribution in [-0.4, -0.2) is 25.0 Å². The number of anilines is 2. The molecule has 2 aromatic rings. The van der Waals surface area contributed by atoms with Crippen LogP contribution in [0.25, 0.3) is 0 Å². The molecule has 136 valence electrons. The molecule has 5 nitrogen and oxygen atoms in total. The van der Waals surface area contributed by atoms with E-state index in [1.807, 2.05) is 32.0 Å². The van der Waals surface area contributed by atoms with E-state index >= 15 is 0 Å². The Morgan fingerprint density at radius 3 is 2.77 bits per heavy atom. The second-order valence-corrected chi connectivity index (χ2v) is 6.76. The summed E-state index contributed by atoms with van der Waals surface area (Å²) in [5, 5.41) is 3.20. The molecule has 1 heterocycles. The van der Waals surface area contributed by atoms with Crippen LogP contribution in [-0.2, 0) is 9.59 Å². The lowest BCUT2D eigenvalue weighted by molar-refractivity contribution is -0.118. The monoisotopic (exact) mass is 372 g/mol. The van der Waals surface area contributed by atoms with Crippen LogP contribution < -0.4 is 15.0 Å². The minimum Gasteiger partial charge on any atom is -0.483 e. The van der Waals surface area contributed by atoms with Gasteiger partial charge in [0.1, 0.15) is 5.75 Å². The van der Waals surface area contributed by atoms with Crippen molar-refractivity contribution in [2.24, 2.45) is 0 Å². The van der Waals surface area contributed by atoms with Crippen molar-refractivity contribution in [3.63, 3.8) is 0 Å². The van der Waals surface area contributed by atoms with Gasteiger partial charge in [-0.3, -0.25) is 9.59 Å². The summed E-state index contributed by atoms with van der Waals surface area (Å²) in [5.74, 6) is 0.499. The van der Waals surface area contributed by atoms with E-state index in [0.717, 1.165) is 17.5 Å². The molecule has 0 aromatic heterocycles. The number of carbonyl (C=O) groups is 2. The third-order valence-corrected chi connectivity index (χ3v) is 4.81. The first-order valence-electron chi connectivity index (χ1n) is 8.54. The Morgan fingerprint density at radius 2 is 2.08 bits per heavy atom. The molecule has 1 fully saturated rings. The fourth-order valence-corrected chi connectivity index (χ4v) is 3.21. The molecule has 3 rings (SSSR count). The van der Waals surface area contributed by atoms with Gasteiger partial charge in [0.05, 0.1) is 10.7 Å². The first-order chi connectivity index (χ1) is 12.5. The minimum absolute atomic E-state index is 0.0746. The van der Waals surface area contributed by atoms with Crippen LogP contribution in [0.1, 0.15) is 24.0 Å². The van der Waals surface area contributed by atoms with E-state index in [4.69, 9.17) is 16.3 Å². The molecule has 0 unspecified atom stereocenters. The van der Waals surface area contributed by atoms with Gasteiger partial charge in [0, 0.05) is 18.7 Å². The molecule has 26 heavy (non-hydrogen) atoms. The lowest BCUT2D eigenvalue weighted by Crippen LogP contribution is -2.24. The zero-order valence-corrected chi connectivity index (χ0v) is 15.6. The molecule has 2 amide bonds. The predicted molar refractivity (Wildman–Crippen MR) is 103 cm³/mol. The molecule has 2 aromatic carbocycles. The summed E-state index contributed by atoms with van der Waals surface area (Å²) >= 11 is 6.29. The molecule has 0 radical (unpaired) electrons. The highest BCUT2D eigenvalue weighted by atomic mass is 35.5. The Bertz CT molecular complexity index is 851. The maximum absolute atomic E-state index is 12.1. The van der Waals surface area contributed by atoms with Crippen molar-refractivity contribution >= 4 is 34.8 Å². The molecule has 0 bridgehead atoms. The zero-order valence-electron chi connectivity index (χ0n) is 14.8. The van der Waals surface area contributed by atoms with Crippen LogP contribution in [0.3, 0.4) is 0 Å². The Balaban J connectivity index is 1.61. The molecular formula is C20H21ClN2O3. The SMILES string of the molecule is Cc1cccc(OCC(=O)Nc2ccc(N3CCCC3=O)c(Cl)c2)c1C. The largest absolute Gasteiger partial charge is 0.483 e. The third kappa shape index (κ3) is 3.99. The molecular weight excluding hydrogens is 352 g/mol. The van der Waals surface area contributed by atoms with Crippen LogP contribution >= 0.6 is 11.6 Å². The normalized spacial score (nSPS) is 13.8. The maximum Gasteiger partial charge on any atom is 0.262 e. The molecule has 6 heteroatoms. The van der Waals surface area contributed by atoms with Gasteiger partial charge in [-0.05, 0) is 55.7 Å². The van der Waals surface area contributed by atoms with Gasteiger partial charge in [0.15, 0.2) is 6.61 Å². The number of ether oxygens (including phenoxy) is 1. The van der Waals surface area contributed by atoms with Crippen LogP contribution in [0, 0.1) is 13.8 Å². The van der Waals surface area contributed by atoms with Crippen LogP contribution in [0.4, 0.5) is 11.4 Å².